The van der Waals surface area contributed by atoms with Crippen molar-refractivity contribution in [2.45, 2.75) is 26.2 Å². The molecule has 2 heteroatoms. The van der Waals surface area contributed by atoms with Gasteiger partial charge in [0.25, 0.3) is 0 Å². The van der Waals surface area contributed by atoms with Crippen LogP contribution in [0, 0.1) is 0 Å². The predicted molar refractivity (Wildman–Crippen MR) is 65.5 cm³/mol. The molecule has 0 bridgehead atoms. The number of hydrogen-bond acceptors (Lipinski definition) is 1. The van der Waals surface area contributed by atoms with Gasteiger partial charge in [-0.2, -0.15) is 0 Å². The highest BCUT2D eigenvalue weighted by molar-refractivity contribution is 6.34. The average Bonchev–Trinajstić information content (AvgIpc) is 2.16. The van der Waals surface area contributed by atoms with E-state index in [4.69, 9.17) is 11.6 Å². The molecule has 2 aromatic rings. The Morgan fingerprint density at radius 3 is 2.53 bits per heavy atom. The molecule has 78 valence electrons. The van der Waals surface area contributed by atoms with Gasteiger partial charge < -0.3 is 0 Å². The molecule has 1 heterocycles. The van der Waals surface area contributed by atoms with Crippen LogP contribution in [0.4, 0.5) is 0 Å². The first kappa shape index (κ1) is 10.4. The molecule has 0 aliphatic carbocycles. The van der Waals surface area contributed by atoms with Gasteiger partial charge in [0.2, 0.25) is 0 Å². The molecule has 2 rings (SSSR count). The van der Waals surface area contributed by atoms with Crippen LogP contribution in [0.25, 0.3) is 10.8 Å². The molecule has 15 heavy (non-hydrogen) atoms. The summed E-state index contributed by atoms with van der Waals surface area (Å²) in [5.74, 6) is 0. The van der Waals surface area contributed by atoms with E-state index < -0.39 is 0 Å². The van der Waals surface area contributed by atoms with Crippen LogP contribution in [-0.4, -0.2) is 4.98 Å². The minimum Gasteiger partial charge on any atom is -0.244 e. The highest BCUT2D eigenvalue weighted by Gasteiger charge is 2.14. The predicted octanol–water partition coefficient (Wildman–Crippen LogP) is 4.19. The number of halogens is 1. The fourth-order valence-corrected chi connectivity index (χ4v) is 1.82. The second kappa shape index (κ2) is 3.49. The Hall–Kier alpha value is -1.08. The van der Waals surface area contributed by atoms with Crippen LogP contribution >= 0.6 is 11.6 Å². The van der Waals surface area contributed by atoms with Gasteiger partial charge in [-0.3, -0.25) is 0 Å². The molecule has 0 radical (unpaired) electrons. The van der Waals surface area contributed by atoms with E-state index in [0.29, 0.717) is 5.15 Å². The summed E-state index contributed by atoms with van der Waals surface area (Å²) >= 11 is 6.07. The zero-order valence-electron chi connectivity index (χ0n) is 9.21. The highest BCUT2D eigenvalue weighted by atomic mass is 35.5. The summed E-state index contributed by atoms with van der Waals surface area (Å²) in [6, 6.07) is 8.36. The molecule has 0 spiro atoms. The van der Waals surface area contributed by atoms with E-state index >= 15 is 0 Å². The molecule has 0 saturated heterocycles. The maximum Gasteiger partial charge on any atom is 0.136 e. The number of pyridine rings is 1. The highest BCUT2D eigenvalue weighted by Crippen LogP contribution is 2.28. The van der Waals surface area contributed by atoms with Gasteiger partial charge in [0.1, 0.15) is 5.15 Å². The number of hydrogen-bond donors (Lipinski definition) is 0. The monoisotopic (exact) mass is 219 g/mol. The first-order chi connectivity index (χ1) is 6.98. The Morgan fingerprint density at radius 1 is 1.13 bits per heavy atom. The maximum atomic E-state index is 6.07. The van der Waals surface area contributed by atoms with E-state index in [1.807, 2.05) is 6.07 Å². The zero-order valence-corrected chi connectivity index (χ0v) is 9.97. The third-order valence-electron chi connectivity index (χ3n) is 2.58. The quantitative estimate of drug-likeness (QED) is 0.606. The summed E-state index contributed by atoms with van der Waals surface area (Å²) in [5, 5.41) is 2.76. The van der Waals surface area contributed by atoms with Gasteiger partial charge in [0.05, 0.1) is 0 Å². The lowest BCUT2D eigenvalue weighted by Gasteiger charge is -2.19. The van der Waals surface area contributed by atoms with Crippen molar-refractivity contribution < 1.29 is 0 Å². The van der Waals surface area contributed by atoms with E-state index in [9.17, 15) is 0 Å². The molecule has 1 aromatic carbocycles. The number of nitrogens with zero attached hydrogens (tertiary/aromatic N) is 1. The standard InChI is InChI=1S/C13H14ClN/c1-13(2,3)10-5-4-9-6-7-15-12(14)11(9)8-10/h4-8H,1-3H3. The van der Waals surface area contributed by atoms with Crippen molar-refractivity contribution in [3.8, 4) is 0 Å². The number of benzene rings is 1. The first-order valence-electron chi connectivity index (χ1n) is 5.03. The van der Waals surface area contributed by atoms with E-state index in [-0.39, 0.29) is 5.41 Å². The molecule has 0 N–H and O–H groups in total. The zero-order chi connectivity index (χ0) is 11.1. The maximum absolute atomic E-state index is 6.07. The van der Waals surface area contributed by atoms with Crippen molar-refractivity contribution in [1.29, 1.82) is 0 Å². The lowest BCUT2D eigenvalue weighted by atomic mass is 9.86. The third kappa shape index (κ3) is 1.98. The van der Waals surface area contributed by atoms with E-state index in [2.05, 4.69) is 44.0 Å². The van der Waals surface area contributed by atoms with Crippen LogP contribution in [0.2, 0.25) is 5.15 Å². The van der Waals surface area contributed by atoms with Gasteiger partial charge >= 0.3 is 0 Å². The topological polar surface area (TPSA) is 12.9 Å². The minimum absolute atomic E-state index is 0.146. The summed E-state index contributed by atoms with van der Waals surface area (Å²) in [7, 11) is 0. The molecule has 0 saturated carbocycles. The van der Waals surface area contributed by atoms with Crippen LogP contribution in [0.1, 0.15) is 26.3 Å². The summed E-state index contributed by atoms with van der Waals surface area (Å²) in [5.41, 5.74) is 1.43. The summed E-state index contributed by atoms with van der Waals surface area (Å²) < 4.78 is 0. The fraction of sp³-hybridized carbons (Fsp3) is 0.308. The van der Waals surface area contributed by atoms with Gasteiger partial charge in [0.15, 0.2) is 0 Å². The SMILES string of the molecule is CC(C)(C)c1ccc2ccnc(Cl)c2c1. The van der Waals surface area contributed by atoms with Gasteiger partial charge in [-0.1, -0.05) is 44.5 Å². The molecule has 0 aliphatic heterocycles. The Labute approximate surface area is 95.1 Å². The van der Waals surface area contributed by atoms with Gasteiger partial charge in [-0.15, -0.1) is 0 Å². The summed E-state index contributed by atoms with van der Waals surface area (Å²) in [4.78, 5) is 4.10. The second-order valence-corrected chi connectivity index (χ2v) is 5.15. The Kier molecular flexibility index (Phi) is 2.43. The Morgan fingerprint density at radius 2 is 1.87 bits per heavy atom. The van der Waals surface area contributed by atoms with E-state index in [0.717, 1.165) is 10.8 Å². The average molecular weight is 220 g/mol. The number of rotatable bonds is 0. The molecule has 0 unspecified atom stereocenters. The van der Waals surface area contributed by atoms with E-state index in [1.165, 1.54) is 5.56 Å². The lowest BCUT2D eigenvalue weighted by Crippen LogP contribution is -2.10. The first-order valence-corrected chi connectivity index (χ1v) is 5.41. The van der Waals surface area contributed by atoms with Crippen molar-refractivity contribution in [2.24, 2.45) is 0 Å². The number of fused-ring (bicyclic) bond motifs is 1. The molecular weight excluding hydrogens is 206 g/mol. The van der Waals surface area contributed by atoms with Crippen molar-refractivity contribution in [2.75, 3.05) is 0 Å². The van der Waals surface area contributed by atoms with Crippen LogP contribution in [0.3, 0.4) is 0 Å². The molecule has 0 atom stereocenters. The normalized spacial score (nSPS) is 12.0. The van der Waals surface area contributed by atoms with Crippen molar-refractivity contribution in [3.63, 3.8) is 0 Å². The number of aromatic nitrogens is 1. The molecule has 0 amide bonds. The van der Waals surface area contributed by atoms with Crippen LogP contribution in [0.15, 0.2) is 30.5 Å². The van der Waals surface area contributed by atoms with Crippen LogP contribution in [-0.2, 0) is 5.41 Å². The van der Waals surface area contributed by atoms with Crippen molar-refractivity contribution >= 4 is 22.4 Å². The van der Waals surface area contributed by atoms with Gasteiger partial charge in [0, 0.05) is 11.6 Å². The van der Waals surface area contributed by atoms with Crippen molar-refractivity contribution in [3.05, 3.63) is 41.2 Å². The van der Waals surface area contributed by atoms with E-state index in [1.54, 1.807) is 6.20 Å². The largest absolute Gasteiger partial charge is 0.244 e. The fourth-order valence-electron chi connectivity index (χ4n) is 1.60. The summed E-state index contributed by atoms with van der Waals surface area (Å²) in [6.45, 7) is 6.58. The molecule has 1 aromatic heterocycles. The molecule has 1 nitrogen and oxygen atoms in total. The second-order valence-electron chi connectivity index (χ2n) is 4.79. The third-order valence-corrected chi connectivity index (χ3v) is 2.88. The lowest BCUT2D eigenvalue weighted by molar-refractivity contribution is 0.591. The van der Waals surface area contributed by atoms with Crippen molar-refractivity contribution in [1.82, 2.24) is 4.98 Å². The van der Waals surface area contributed by atoms with Crippen LogP contribution in [0.5, 0.6) is 0 Å². The Balaban J connectivity index is 2.70. The molecular formula is C13H14ClN. The smallest absolute Gasteiger partial charge is 0.136 e. The van der Waals surface area contributed by atoms with Crippen LogP contribution < -0.4 is 0 Å². The van der Waals surface area contributed by atoms with Gasteiger partial charge in [-0.25, -0.2) is 4.98 Å². The molecule has 0 aliphatic rings. The molecule has 0 fully saturated rings. The minimum atomic E-state index is 0.146. The van der Waals surface area contributed by atoms with Gasteiger partial charge in [-0.05, 0) is 28.5 Å². The Bertz CT molecular complexity index is 497. The summed E-state index contributed by atoms with van der Waals surface area (Å²) in [6.07, 6.45) is 1.74.